The van der Waals surface area contributed by atoms with Crippen LogP contribution >= 0.6 is 15.9 Å². The largest absolute Gasteiger partial charge is 0.354 e. The number of methoxy groups -OCH3 is 2. The van der Waals surface area contributed by atoms with Gasteiger partial charge in [-0.25, -0.2) is 0 Å². The van der Waals surface area contributed by atoms with Crippen molar-refractivity contribution in [3.8, 4) is 0 Å². The average molecular weight is 288 g/mol. The minimum Gasteiger partial charge on any atom is -0.354 e. The fourth-order valence-electron chi connectivity index (χ4n) is 1.18. The molecule has 0 fully saturated rings. The molecule has 16 heavy (non-hydrogen) atoms. The van der Waals surface area contributed by atoms with Gasteiger partial charge in [-0.05, 0) is 28.1 Å². The number of amides is 1. The Morgan fingerprint density at radius 3 is 2.56 bits per heavy atom. The first-order chi connectivity index (χ1) is 7.69. The van der Waals surface area contributed by atoms with Crippen molar-refractivity contribution in [2.75, 3.05) is 20.8 Å². The number of carbonyl (C=O) groups is 1. The molecule has 0 aliphatic carbocycles. The number of carbonyl (C=O) groups excluding carboxylic acids is 1. The average Bonchev–Trinajstić information content (AvgIpc) is 2.30. The molecule has 1 aromatic carbocycles. The van der Waals surface area contributed by atoms with Crippen LogP contribution in [0.25, 0.3) is 0 Å². The van der Waals surface area contributed by atoms with Crippen molar-refractivity contribution in [3.05, 3.63) is 34.3 Å². The van der Waals surface area contributed by atoms with Gasteiger partial charge in [0.15, 0.2) is 6.29 Å². The van der Waals surface area contributed by atoms with E-state index in [2.05, 4.69) is 21.2 Å². The van der Waals surface area contributed by atoms with E-state index >= 15 is 0 Å². The monoisotopic (exact) mass is 287 g/mol. The Hall–Kier alpha value is -0.910. The normalized spacial score (nSPS) is 10.5. The van der Waals surface area contributed by atoms with Gasteiger partial charge in [0.05, 0.1) is 12.1 Å². The zero-order chi connectivity index (χ0) is 12.0. The molecule has 1 amide bonds. The number of hydrogen-bond donors (Lipinski definition) is 1. The second kappa shape index (κ2) is 6.62. The van der Waals surface area contributed by atoms with E-state index in [0.29, 0.717) is 12.1 Å². The molecule has 0 aromatic heterocycles. The van der Waals surface area contributed by atoms with Crippen LogP contribution in [0.2, 0.25) is 0 Å². The van der Waals surface area contributed by atoms with Gasteiger partial charge in [-0.2, -0.15) is 0 Å². The first-order valence-electron chi connectivity index (χ1n) is 4.77. The molecule has 1 rings (SSSR count). The molecule has 1 aromatic rings. The van der Waals surface area contributed by atoms with Gasteiger partial charge in [0.25, 0.3) is 5.91 Å². The smallest absolute Gasteiger partial charge is 0.252 e. The summed E-state index contributed by atoms with van der Waals surface area (Å²) in [5.74, 6) is -0.161. The van der Waals surface area contributed by atoms with Gasteiger partial charge in [-0.3, -0.25) is 4.79 Å². The number of benzene rings is 1. The fourth-order valence-corrected chi connectivity index (χ4v) is 1.64. The second-order valence-electron chi connectivity index (χ2n) is 3.09. The van der Waals surface area contributed by atoms with Crippen molar-refractivity contribution in [3.63, 3.8) is 0 Å². The molecule has 0 spiro atoms. The maximum atomic E-state index is 11.7. The quantitative estimate of drug-likeness (QED) is 0.840. The van der Waals surface area contributed by atoms with Crippen molar-refractivity contribution < 1.29 is 14.3 Å². The summed E-state index contributed by atoms with van der Waals surface area (Å²) in [5, 5.41) is 2.72. The lowest BCUT2D eigenvalue weighted by atomic mass is 10.2. The van der Waals surface area contributed by atoms with Crippen molar-refractivity contribution >= 4 is 21.8 Å². The molecule has 0 saturated carbocycles. The Labute approximate surface area is 103 Å². The van der Waals surface area contributed by atoms with Crippen LogP contribution in [0.15, 0.2) is 28.7 Å². The van der Waals surface area contributed by atoms with Crippen molar-refractivity contribution in [2.45, 2.75) is 6.29 Å². The van der Waals surface area contributed by atoms with E-state index in [1.165, 1.54) is 14.2 Å². The van der Waals surface area contributed by atoms with Crippen molar-refractivity contribution in [2.24, 2.45) is 0 Å². The van der Waals surface area contributed by atoms with Crippen LogP contribution in [-0.2, 0) is 9.47 Å². The predicted molar refractivity (Wildman–Crippen MR) is 64.3 cm³/mol. The standard InChI is InChI=1S/C11H14BrNO3/c1-15-10(16-2)7-13-11(14)8-5-3-4-6-9(8)12/h3-6,10H,7H2,1-2H3,(H,13,14). The Kier molecular flexibility index (Phi) is 5.45. The molecular weight excluding hydrogens is 274 g/mol. The van der Waals surface area contributed by atoms with Crippen LogP contribution in [0, 0.1) is 0 Å². The highest BCUT2D eigenvalue weighted by atomic mass is 79.9. The first-order valence-corrected chi connectivity index (χ1v) is 5.56. The number of rotatable bonds is 5. The molecule has 0 radical (unpaired) electrons. The fraction of sp³-hybridized carbons (Fsp3) is 0.364. The van der Waals surface area contributed by atoms with Crippen LogP contribution in [0.5, 0.6) is 0 Å². The Balaban J connectivity index is 2.56. The third kappa shape index (κ3) is 3.59. The van der Waals surface area contributed by atoms with E-state index in [-0.39, 0.29) is 5.91 Å². The van der Waals surface area contributed by atoms with E-state index < -0.39 is 6.29 Å². The maximum Gasteiger partial charge on any atom is 0.252 e. The summed E-state index contributed by atoms with van der Waals surface area (Å²) < 4.78 is 10.7. The van der Waals surface area contributed by atoms with Crippen LogP contribution < -0.4 is 5.32 Å². The molecule has 0 bridgehead atoms. The van der Waals surface area contributed by atoms with E-state index in [1.807, 2.05) is 18.2 Å². The molecule has 5 heteroatoms. The molecule has 88 valence electrons. The second-order valence-corrected chi connectivity index (χ2v) is 3.95. The van der Waals surface area contributed by atoms with Gasteiger partial charge in [0.1, 0.15) is 0 Å². The summed E-state index contributed by atoms with van der Waals surface area (Å²) in [6.07, 6.45) is -0.425. The summed E-state index contributed by atoms with van der Waals surface area (Å²) in [7, 11) is 3.05. The van der Waals surface area contributed by atoms with E-state index in [1.54, 1.807) is 6.07 Å². The molecule has 4 nitrogen and oxygen atoms in total. The summed E-state index contributed by atoms with van der Waals surface area (Å²) in [6, 6.07) is 7.23. The van der Waals surface area contributed by atoms with Gasteiger partial charge in [0.2, 0.25) is 0 Å². The third-order valence-corrected chi connectivity index (χ3v) is 2.77. The Bertz CT molecular complexity index is 353. The summed E-state index contributed by atoms with van der Waals surface area (Å²) >= 11 is 3.31. The molecule has 0 aliphatic heterocycles. The lowest BCUT2D eigenvalue weighted by Gasteiger charge is -2.14. The van der Waals surface area contributed by atoms with Crippen molar-refractivity contribution in [1.82, 2.24) is 5.32 Å². The number of halogens is 1. The maximum absolute atomic E-state index is 11.7. The Morgan fingerprint density at radius 1 is 1.38 bits per heavy atom. The zero-order valence-electron chi connectivity index (χ0n) is 9.20. The number of nitrogens with one attached hydrogen (secondary N) is 1. The van der Waals surface area contributed by atoms with Gasteiger partial charge < -0.3 is 14.8 Å². The Morgan fingerprint density at radius 2 is 2.00 bits per heavy atom. The highest BCUT2D eigenvalue weighted by Gasteiger charge is 2.11. The van der Waals surface area contributed by atoms with Crippen LogP contribution in [0.4, 0.5) is 0 Å². The lowest BCUT2D eigenvalue weighted by Crippen LogP contribution is -2.34. The van der Waals surface area contributed by atoms with Gasteiger partial charge in [-0.15, -0.1) is 0 Å². The van der Waals surface area contributed by atoms with Gasteiger partial charge >= 0.3 is 0 Å². The molecule has 0 atom stereocenters. The van der Waals surface area contributed by atoms with E-state index in [9.17, 15) is 4.79 Å². The van der Waals surface area contributed by atoms with Gasteiger partial charge in [-0.1, -0.05) is 12.1 Å². The lowest BCUT2D eigenvalue weighted by molar-refractivity contribution is -0.0974. The minimum atomic E-state index is -0.425. The van der Waals surface area contributed by atoms with E-state index in [4.69, 9.17) is 9.47 Å². The molecule has 0 heterocycles. The van der Waals surface area contributed by atoms with Crippen LogP contribution in [-0.4, -0.2) is 33.0 Å². The van der Waals surface area contributed by atoms with E-state index in [0.717, 1.165) is 4.47 Å². The summed E-state index contributed by atoms with van der Waals surface area (Å²) in [6.45, 7) is 0.313. The summed E-state index contributed by atoms with van der Waals surface area (Å²) in [5.41, 5.74) is 0.591. The first kappa shape index (κ1) is 13.2. The topological polar surface area (TPSA) is 47.6 Å². The summed E-state index contributed by atoms with van der Waals surface area (Å²) in [4.78, 5) is 11.7. The molecule has 0 saturated heterocycles. The van der Waals surface area contributed by atoms with Gasteiger partial charge in [0, 0.05) is 18.7 Å². The molecule has 0 unspecified atom stereocenters. The number of hydrogen-bond acceptors (Lipinski definition) is 3. The molecule has 0 aliphatic rings. The highest BCUT2D eigenvalue weighted by Crippen LogP contribution is 2.15. The third-order valence-electron chi connectivity index (χ3n) is 2.07. The van der Waals surface area contributed by atoms with Crippen LogP contribution in [0.1, 0.15) is 10.4 Å². The zero-order valence-corrected chi connectivity index (χ0v) is 10.8. The molecule has 1 N–H and O–H groups in total. The van der Waals surface area contributed by atoms with Crippen LogP contribution in [0.3, 0.4) is 0 Å². The minimum absolute atomic E-state index is 0.161. The van der Waals surface area contributed by atoms with Crippen molar-refractivity contribution in [1.29, 1.82) is 0 Å². The highest BCUT2D eigenvalue weighted by molar-refractivity contribution is 9.10. The SMILES string of the molecule is COC(CNC(=O)c1ccccc1Br)OC. The number of ether oxygens (including phenoxy) is 2. The predicted octanol–water partition coefficient (Wildman–Crippen LogP) is 1.80. The molecular formula is C11H14BrNO3.